The van der Waals surface area contributed by atoms with Gasteiger partial charge in [0.2, 0.25) is 0 Å². The number of benzene rings is 2. The molecule has 2 aromatic carbocycles. The number of anilines is 1. The molecule has 0 saturated carbocycles. The number of para-hydroxylation sites is 1. The van der Waals surface area contributed by atoms with E-state index in [1.54, 1.807) is 13.1 Å². The van der Waals surface area contributed by atoms with Crippen molar-refractivity contribution >= 4 is 44.3 Å². The van der Waals surface area contributed by atoms with E-state index in [4.69, 9.17) is 11.6 Å². The molecule has 0 bridgehead atoms. The maximum Gasteiger partial charge on any atom is 0.323 e. The van der Waals surface area contributed by atoms with Crippen molar-refractivity contribution in [3.05, 3.63) is 58.9 Å². The quantitative estimate of drug-likeness (QED) is 0.741. The van der Waals surface area contributed by atoms with Gasteiger partial charge in [-0.25, -0.2) is 14.2 Å². The number of nitrogens with zero attached hydrogens (tertiary/aromatic N) is 2. The van der Waals surface area contributed by atoms with E-state index in [0.717, 1.165) is 10.2 Å². The van der Waals surface area contributed by atoms with E-state index < -0.39 is 5.82 Å². The van der Waals surface area contributed by atoms with E-state index in [1.807, 2.05) is 24.3 Å². The SMILES string of the molecule is CN(Cc1c(F)cccc1Cl)C(=O)Nc1nc2ccccc2s1. The largest absolute Gasteiger partial charge is 0.323 e. The maximum atomic E-state index is 13.8. The topological polar surface area (TPSA) is 45.2 Å². The summed E-state index contributed by atoms with van der Waals surface area (Å²) < 4.78 is 14.8. The number of carbonyl (C=O) groups is 1. The minimum absolute atomic E-state index is 0.0717. The number of thiazole rings is 1. The molecule has 1 N–H and O–H groups in total. The summed E-state index contributed by atoms with van der Waals surface area (Å²) in [5.41, 5.74) is 1.11. The van der Waals surface area contributed by atoms with Crippen molar-refractivity contribution in [1.29, 1.82) is 0 Å². The van der Waals surface area contributed by atoms with Crippen LogP contribution in [0.5, 0.6) is 0 Å². The van der Waals surface area contributed by atoms with Gasteiger partial charge in [-0.3, -0.25) is 5.32 Å². The number of hydrogen-bond donors (Lipinski definition) is 1. The molecule has 7 heteroatoms. The molecule has 3 aromatic rings. The highest BCUT2D eigenvalue weighted by atomic mass is 35.5. The molecule has 0 fully saturated rings. The third-order valence-electron chi connectivity index (χ3n) is 3.31. The van der Waals surface area contributed by atoms with E-state index >= 15 is 0 Å². The molecule has 2 amide bonds. The fourth-order valence-corrected chi connectivity index (χ4v) is 3.18. The van der Waals surface area contributed by atoms with Crippen LogP contribution in [0.25, 0.3) is 10.2 Å². The fourth-order valence-electron chi connectivity index (χ4n) is 2.10. The Balaban J connectivity index is 1.72. The predicted molar refractivity (Wildman–Crippen MR) is 91.5 cm³/mol. The van der Waals surface area contributed by atoms with Gasteiger partial charge in [-0.15, -0.1) is 0 Å². The molecule has 0 aliphatic rings. The zero-order chi connectivity index (χ0) is 16.4. The lowest BCUT2D eigenvalue weighted by atomic mass is 10.2. The van der Waals surface area contributed by atoms with Gasteiger partial charge in [-0.05, 0) is 24.3 Å². The van der Waals surface area contributed by atoms with Crippen LogP contribution in [0.2, 0.25) is 5.02 Å². The summed E-state index contributed by atoms with van der Waals surface area (Å²) in [4.78, 5) is 17.9. The third kappa shape index (κ3) is 3.43. The van der Waals surface area contributed by atoms with Crippen molar-refractivity contribution in [3.63, 3.8) is 0 Å². The monoisotopic (exact) mass is 349 g/mol. The number of rotatable bonds is 3. The predicted octanol–water partition coefficient (Wildman–Crippen LogP) is 4.75. The lowest BCUT2D eigenvalue weighted by molar-refractivity contribution is 0.220. The Morgan fingerprint density at radius 1 is 1.30 bits per heavy atom. The van der Waals surface area contributed by atoms with E-state index in [9.17, 15) is 9.18 Å². The number of halogens is 2. The number of fused-ring (bicyclic) bond motifs is 1. The summed E-state index contributed by atoms with van der Waals surface area (Å²) in [6.45, 7) is 0.0717. The van der Waals surface area contributed by atoms with Crippen LogP contribution in [0, 0.1) is 5.82 Å². The summed E-state index contributed by atoms with van der Waals surface area (Å²) in [5.74, 6) is -0.433. The van der Waals surface area contributed by atoms with Gasteiger partial charge in [0.25, 0.3) is 0 Å². The molecule has 1 aromatic heterocycles. The standard InChI is InChI=1S/C16H13ClFN3OS/c1-21(9-10-11(17)5-4-6-12(10)18)16(22)20-15-19-13-7-2-3-8-14(13)23-15/h2-8H,9H2,1H3,(H,19,20,22). The number of nitrogens with one attached hydrogen (secondary N) is 1. The van der Waals surface area contributed by atoms with Gasteiger partial charge in [0.15, 0.2) is 5.13 Å². The van der Waals surface area contributed by atoms with Crippen LogP contribution in [0.15, 0.2) is 42.5 Å². The highest BCUT2D eigenvalue weighted by molar-refractivity contribution is 7.22. The van der Waals surface area contributed by atoms with Gasteiger partial charge >= 0.3 is 6.03 Å². The van der Waals surface area contributed by atoms with E-state index in [0.29, 0.717) is 10.2 Å². The molecule has 0 saturated heterocycles. The van der Waals surface area contributed by atoms with Gasteiger partial charge in [-0.1, -0.05) is 41.1 Å². The second kappa shape index (κ2) is 6.52. The molecule has 0 radical (unpaired) electrons. The van der Waals surface area contributed by atoms with E-state index in [-0.39, 0.29) is 18.1 Å². The lowest BCUT2D eigenvalue weighted by Crippen LogP contribution is -2.31. The van der Waals surface area contributed by atoms with Crippen LogP contribution in [0.3, 0.4) is 0 Å². The first-order chi connectivity index (χ1) is 11.0. The Morgan fingerprint density at radius 3 is 2.83 bits per heavy atom. The molecule has 0 unspecified atom stereocenters. The van der Waals surface area contributed by atoms with Crippen molar-refractivity contribution in [2.24, 2.45) is 0 Å². The summed E-state index contributed by atoms with van der Waals surface area (Å²) in [5, 5.41) is 3.52. The van der Waals surface area contributed by atoms with Crippen LogP contribution in [-0.4, -0.2) is 23.0 Å². The normalized spacial score (nSPS) is 10.7. The smallest absolute Gasteiger partial charge is 0.323 e. The van der Waals surface area contributed by atoms with Gasteiger partial charge < -0.3 is 4.90 Å². The van der Waals surface area contributed by atoms with Crippen LogP contribution < -0.4 is 5.32 Å². The molecule has 0 atom stereocenters. The van der Waals surface area contributed by atoms with Crippen LogP contribution >= 0.6 is 22.9 Å². The third-order valence-corrected chi connectivity index (χ3v) is 4.62. The highest BCUT2D eigenvalue weighted by Gasteiger charge is 2.15. The molecule has 0 aliphatic heterocycles. The molecular weight excluding hydrogens is 337 g/mol. The number of carbonyl (C=O) groups excluding carboxylic acids is 1. The zero-order valence-electron chi connectivity index (χ0n) is 12.2. The Bertz CT molecular complexity index is 814. The molecule has 0 spiro atoms. The minimum Gasteiger partial charge on any atom is -0.323 e. The lowest BCUT2D eigenvalue weighted by Gasteiger charge is -2.18. The van der Waals surface area contributed by atoms with Gasteiger partial charge in [-0.2, -0.15) is 0 Å². The van der Waals surface area contributed by atoms with Crippen molar-refractivity contribution in [2.75, 3.05) is 12.4 Å². The molecule has 23 heavy (non-hydrogen) atoms. The number of amides is 2. The van der Waals surface area contributed by atoms with E-state index in [2.05, 4.69) is 10.3 Å². The van der Waals surface area contributed by atoms with Gasteiger partial charge in [0.05, 0.1) is 16.8 Å². The van der Waals surface area contributed by atoms with Crippen molar-refractivity contribution in [2.45, 2.75) is 6.54 Å². The average Bonchev–Trinajstić information content (AvgIpc) is 2.93. The Kier molecular flexibility index (Phi) is 4.45. The minimum atomic E-state index is -0.433. The molecule has 118 valence electrons. The molecule has 4 nitrogen and oxygen atoms in total. The highest BCUT2D eigenvalue weighted by Crippen LogP contribution is 2.26. The van der Waals surface area contributed by atoms with Crippen LogP contribution in [0.4, 0.5) is 14.3 Å². The Hall–Kier alpha value is -2.18. The zero-order valence-corrected chi connectivity index (χ0v) is 13.8. The Morgan fingerprint density at radius 2 is 2.09 bits per heavy atom. The first kappa shape index (κ1) is 15.7. The number of hydrogen-bond acceptors (Lipinski definition) is 3. The van der Waals surface area contributed by atoms with Gasteiger partial charge in [0.1, 0.15) is 5.82 Å². The maximum absolute atomic E-state index is 13.8. The van der Waals surface area contributed by atoms with Crippen molar-refractivity contribution in [1.82, 2.24) is 9.88 Å². The summed E-state index contributed by atoms with van der Waals surface area (Å²) in [6.07, 6.45) is 0. The van der Waals surface area contributed by atoms with Crippen LogP contribution in [-0.2, 0) is 6.54 Å². The summed E-state index contributed by atoms with van der Waals surface area (Å²) in [7, 11) is 1.57. The van der Waals surface area contributed by atoms with Crippen molar-refractivity contribution in [3.8, 4) is 0 Å². The molecule has 0 aliphatic carbocycles. The molecule has 3 rings (SSSR count). The molecule has 1 heterocycles. The average molecular weight is 350 g/mol. The number of urea groups is 1. The fraction of sp³-hybridized carbons (Fsp3) is 0.125. The Labute approximate surface area is 141 Å². The first-order valence-electron chi connectivity index (χ1n) is 6.85. The number of aromatic nitrogens is 1. The van der Waals surface area contributed by atoms with E-state index in [1.165, 1.54) is 28.4 Å². The molecular formula is C16H13ClFN3OS. The summed E-state index contributed by atoms with van der Waals surface area (Å²) in [6, 6.07) is 11.7. The van der Waals surface area contributed by atoms with Crippen molar-refractivity contribution < 1.29 is 9.18 Å². The van der Waals surface area contributed by atoms with Gasteiger partial charge in [0, 0.05) is 17.6 Å². The second-order valence-electron chi connectivity index (χ2n) is 4.97. The summed E-state index contributed by atoms with van der Waals surface area (Å²) >= 11 is 7.37. The first-order valence-corrected chi connectivity index (χ1v) is 8.04. The van der Waals surface area contributed by atoms with Crippen LogP contribution in [0.1, 0.15) is 5.56 Å². The second-order valence-corrected chi connectivity index (χ2v) is 6.41.